The van der Waals surface area contributed by atoms with Gasteiger partial charge in [-0.15, -0.1) is 0 Å². The average Bonchev–Trinajstić information content (AvgIpc) is 2.88. The molecule has 0 aromatic rings. The summed E-state index contributed by atoms with van der Waals surface area (Å²) in [7, 11) is 0. The van der Waals surface area contributed by atoms with E-state index in [0.717, 1.165) is 31.3 Å². The standard InChI is InChI=1S/C21H30O5/c1-19-6-3-12(23)9-16(19)17(24)10-13-14(19)4-7-20(2)15(13)5-8-21(20,26)18(25)11-22/h9,13-15,17,22,24,26H,3-8,10-11H2,1-2H3/t13-,14+,15+,17?,19-,20+,21+/m1/s1. The van der Waals surface area contributed by atoms with Crippen LogP contribution < -0.4 is 0 Å². The van der Waals surface area contributed by atoms with Crippen molar-refractivity contribution in [1.29, 1.82) is 0 Å². The second-order valence-electron chi connectivity index (χ2n) is 9.55. The van der Waals surface area contributed by atoms with Crippen LogP contribution in [0.2, 0.25) is 0 Å². The maximum absolute atomic E-state index is 12.4. The van der Waals surface area contributed by atoms with E-state index in [-0.39, 0.29) is 23.0 Å². The molecule has 3 fully saturated rings. The first kappa shape index (κ1) is 18.3. The molecular weight excluding hydrogens is 332 g/mol. The van der Waals surface area contributed by atoms with Gasteiger partial charge in [0.1, 0.15) is 12.2 Å². The number of carbonyl (C=O) groups excluding carboxylic acids is 2. The monoisotopic (exact) mass is 362 g/mol. The van der Waals surface area contributed by atoms with Crippen molar-refractivity contribution in [3.8, 4) is 0 Å². The van der Waals surface area contributed by atoms with Crippen LogP contribution in [0.4, 0.5) is 0 Å². The van der Waals surface area contributed by atoms with Crippen LogP contribution in [0.3, 0.4) is 0 Å². The number of carbonyl (C=O) groups is 2. The van der Waals surface area contributed by atoms with E-state index in [0.29, 0.717) is 25.2 Å². The van der Waals surface area contributed by atoms with Crippen LogP contribution in [-0.2, 0) is 9.59 Å². The van der Waals surface area contributed by atoms with Gasteiger partial charge in [0.2, 0.25) is 0 Å². The lowest BCUT2D eigenvalue weighted by atomic mass is 9.45. The van der Waals surface area contributed by atoms with Crippen LogP contribution >= 0.6 is 0 Å². The van der Waals surface area contributed by atoms with Crippen molar-refractivity contribution in [3.63, 3.8) is 0 Å². The molecule has 3 N–H and O–H groups in total. The summed E-state index contributed by atoms with van der Waals surface area (Å²) in [6.45, 7) is 3.56. The van der Waals surface area contributed by atoms with Gasteiger partial charge in [-0.1, -0.05) is 13.8 Å². The zero-order valence-corrected chi connectivity index (χ0v) is 15.7. The van der Waals surface area contributed by atoms with Crippen molar-refractivity contribution in [2.75, 3.05) is 6.61 Å². The molecule has 7 atom stereocenters. The molecule has 3 saturated carbocycles. The van der Waals surface area contributed by atoms with E-state index in [1.54, 1.807) is 6.08 Å². The molecule has 26 heavy (non-hydrogen) atoms. The minimum absolute atomic E-state index is 0.111. The molecule has 0 aromatic carbocycles. The Kier molecular flexibility index (Phi) is 4.04. The van der Waals surface area contributed by atoms with Gasteiger partial charge in [-0.3, -0.25) is 9.59 Å². The molecule has 0 radical (unpaired) electrons. The van der Waals surface area contributed by atoms with Gasteiger partial charge in [0, 0.05) is 11.8 Å². The molecule has 0 spiro atoms. The smallest absolute Gasteiger partial charge is 0.190 e. The molecule has 0 aromatic heterocycles. The van der Waals surface area contributed by atoms with Crippen LogP contribution in [0, 0.1) is 28.6 Å². The highest BCUT2D eigenvalue weighted by molar-refractivity contribution is 5.92. The van der Waals surface area contributed by atoms with Crippen LogP contribution in [0.1, 0.15) is 58.8 Å². The van der Waals surface area contributed by atoms with E-state index in [1.165, 1.54) is 0 Å². The fraction of sp³-hybridized carbons (Fsp3) is 0.810. The molecule has 0 amide bonds. The quantitative estimate of drug-likeness (QED) is 0.696. The first-order valence-electron chi connectivity index (χ1n) is 9.97. The van der Waals surface area contributed by atoms with Crippen molar-refractivity contribution >= 4 is 11.6 Å². The number of hydrogen-bond donors (Lipinski definition) is 3. The van der Waals surface area contributed by atoms with E-state index in [2.05, 4.69) is 6.92 Å². The van der Waals surface area contributed by atoms with Crippen molar-refractivity contribution in [2.24, 2.45) is 28.6 Å². The Morgan fingerprint density at radius 2 is 1.88 bits per heavy atom. The van der Waals surface area contributed by atoms with Crippen molar-refractivity contribution in [1.82, 2.24) is 0 Å². The highest BCUT2D eigenvalue weighted by Crippen LogP contribution is 2.67. The summed E-state index contributed by atoms with van der Waals surface area (Å²) in [5.41, 5.74) is -1.27. The van der Waals surface area contributed by atoms with Crippen LogP contribution in [0.5, 0.6) is 0 Å². The molecule has 5 nitrogen and oxygen atoms in total. The zero-order valence-electron chi connectivity index (χ0n) is 15.7. The van der Waals surface area contributed by atoms with Gasteiger partial charge in [0.05, 0.1) is 6.10 Å². The molecule has 4 aliphatic rings. The van der Waals surface area contributed by atoms with Crippen molar-refractivity contribution < 1.29 is 24.9 Å². The Bertz CT molecular complexity index is 684. The van der Waals surface area contributed by atoms with E-state index < -0.39 is 29.5 Å². The SMILES string of the molecule is C[C@]12CCC(=O)C=C1C(O)C[C@@H]1[C@@H]2CC[C@@]2(C)[C@H]1CC[C@]2(O)C(=O)CO. The maximum Gasteiger partial charge on any atom is 0.190 e. The summed E-state index contributed by atoms with van der Waals surface area (Å²) in [6, 6.07) is 0. The molecule has 5 heteroatoms. The van der Waals surface area contributed by atoms with E-state index >= 15 is 0 Å². The Morgan fingerprint density at radius 3 is 2.58 bits per heavy atom. The predicted molar refractivity (Wildman–Crippen MR) is 95.1 cm³/mol. The number of rotatable bonds is 2. The maximum atomic E-state index is 12.4. The third kappa shape index (κ3) is 2.14. The molecule has 144 valence electrons. The molecule has 0 heterocycles. The van der Waals surface area contributed by atoms with Crippen LogP contribution in [0.25, 0.3) is 0 Å². The van der Waals surface area contributed by atoms with Gasteiger partial charge < -0.3 is 15.3 Å². The number of fused-ring (bicyclic) bond motifs is 5. The summed E-state index contributed by atoms with van der Waals surface area (Å²) in [6.07, 6.45) is 5.74. The second kappa shape index (κ2) is 5.73. The third-order valence-electron chi connectivity index (χ3n) is 8.73. The first-order chi connectivity index (χ1) is 12.2. The Hall–Kier alpha value is -1.04. The van der Waals surface area contributed by atoms with Crippen molar-refractivity contribution in [3.05, 3.63) is 11.6 Å². The highest BCUT2D eigenvalue weighted by Gasteiger charge is 2.66. The zero-order chi connectivity index (χ0) is 18.9. The summed E-state index contributed by atoms with van der Waals surface area (Å²) in [5, 5.41) is 31.4. The second-order valence-corrected chi connectivity index (χ2v) is 9.55. The molecule has 0 saturated heterocycles. The van der Waals surface area contributed by atoms with Crippen LogP contribution in [-0.4, -0.2) is 45.2 Å². The van der Waals surface area contributed by atoms with Gasteiger partial charge in [-0.25, -0.2) is 0 Å². The largest absolute Gasteiger partial charge is 0.389 e. The Labute approximate surface area is 154 Å². The van der Waals surface area contributed by atoms with Gasteiger partial charge in [0.15, 0.2) is 11.6 Å². The first-order valence-corrected chi connectivity index (χ1v) is 9.97. The predicted octanol–water partition coefficient (Wildman–Crippen LogP) is 1.78. The molecule has 4 aliphatic carbocycles. The normalized spacial score (nSPS) is 50.5. The number of aliphatic hydroxyl groups is 3. The van der Waals surface area contributed by atoms with Gasteiger partial charge in [-0.2, -0.15) is 0 Å². The summed E-state index contributed by atoms with van der Waals surface area (Å²) in [4.78, 5) is 24.3. The van der Waals surface area contributed by atoms with Gasteiger partial charge in [-0.05, 0) is 73.3 Å². The number of Topliss-reactive ketones (excluding diaryl/α,β-unsaturated/α-hetero) is 1. The van der Waals surface area contributed by atoms with E-state index in [4.69, 9.17) is 0 Å². The molecule has 4 rings (SSSR count). The van der Waals surface area contributed by atoms with Crippen LogP contribution in [0.15, 0.2) is 11.6 Å². The summed E-state index contributed by atoms with van der Waals surface area (Å²) in [5.74, 6) is 0.411. The lowest BCUT2D eigenvalue weighted by Gasteiger charge is -2.59. The number of ketones is 2. The fourth-order valence-corrected chi connectivity index (χ4v) is 7.21. The lowest BCUT2D eigenvalue weighted by molar-refractivity contribution is -0.166. The van der Waals surface area contributed by atoms with Crippen molar-refractivity contribution in [2.45, 2.75) is 70.5 Å². The number of hydrogen-bond acceptors (Lipinski definition) is 5. The fourth-order valence-electron chi connectivity index (χ4n) is 7.21. The molecule has 0 aliphatic heterocycles. The highest BCUT2D eigenvalue weighted by atomic mass is 16.3. The Balaban J connectivity index is 1.72. The minimum Gasteiger partial charge on any atom is -0.389 e. The molecule has 1 unspecified atom stereocenters. The van der Waals surface area contributed by atoms with E-state index in [9.17, 15) is 24.9 Å². The number of aliphatic hydroxyl groups excluding tert-OH is 2. The molecule has 0 bridgehead atoms. The average molecular weight is 362 g/mol. The third-order valence-corrected chi connectivity index (χ3v) is 8.73. The lowest BCUT2D eigenvalue weighted by Crippen LogP contribution is -2.59. The topological polar surface area (TPSA) is 94.8 Å². The van der Waals surface area contributed by atoms with Gasteiger partial charge in [0.25, 0.3) is 0 Å². The molecular formula is C21H30O5. The minimum atomic E-state index is -1.46. The van der Waals surface area contributed by atoms with E-state index in [1.807, 2.05) is 6.92 Å². The Morgan fingerprint density at radius 1 is 1.19 bits per heavy atom. The summed E-state index contributed by atoms with van der Waals surface area (Å²) < 4.78 is 0. The summed E-state index contributed by atoms with van der Waals surface area (Å²) >= 11 is 0. The van der Waals surface area contributed by atoms with Gasteiger partial charge >= 0.3 is 0 Å².